The average Bonchev–Trinajstić information content (AvgIpc) is 3.28. The van der Waals surface area contributed by atoms with E-state index in [1.165, 1.54) is 11.3 Å². The first-order chi connectivity index (χ1) is 17.9. The Morgan fingerprint density at radius 3 is 2.22 bits per heavy atom. The molecular formula is C30H26N4O2S. The Kier molecular flexibility index (Phi) is 6.70. The Morgan fingerprint density at radius 2 is 1.46 bits per heavy atom. The minimum Gasteiger partial charge on any atom is -0.322 e. The van der Waals surface area contributed by atoms with Crippen LogP contribution in [0.1, 0.15) is 27.0 Å². The van der Waals surface area contributed by atoms with Crippen LogP contribution in [0.25, 0.3) is 21.3 Å². The lowest BCUT2D eigenvalue weighted by Gasteiger charge is -2.12. The van der Waals surface area contributed by atoms with Crippen molar-refractivity contribution >= 4 is 50.0 Å². The Morgan fingerprint density at radius 1 is 0.757 bits per heavy atom. The first kappa shape index (κ1) is 24.2. The van der Waals surface area contributed by atoms with Crippen molar-refractivity contribution in [1.29, 1.82) is 0 Å². The number of thiazole rings is 1. The maximum absolute atomic E-state index is 13.0. The van der Waals surface area contributed by atoms with Crippen LogP contribution in [0.2, 0.25) is 0 Å². The van der Waals surface area contributed by atoms with Crippen LogP contribution in [0.15, 0.2) is 84.9 Å². The van der Waals surface area contributed by atoms with Crippen LogP contribution in [0, 0.1) is 20.8 Å². The summed E-state index contributed by atoms with van der Waals surface area (Å²) in [5.41, 5.74) is 7.92. The lowest BCUT2D eigenvalue weighted by Crippen LogP contribution is -2.19. The van der Waals surface area contributed by atoms with Crippen LogP contribution < -0.4 is 16.0 Å². The zero-order valence-electron chi connectivity index (χ0n) is 20.8. The van der Waals surface area contributed by atoms with Crippen LogP contribution in [-0.4, -0.2) is 16.9 Å². The van der Waals surface area contributed by atoms with Gasteiger partial charge < -0.3 is 10.6 Å². The second-order valence-corrected chi connectivity index (χ2v) is 9.95. The summed E-state index contributed by atoms with van der Waals surface area (Å²) in [5, 5.41) is 9.24. The van der Waals surface area contributed by atoms with Crippen molar-refractivity contribution in [3.05, 3.63) is 107 Å². The maximum atomic E-state index is 13.0. The largest absolute Gasteiger partial charge is 0.325 e. The molecule has 0 radical (unpaired) electrons. The maximum Gasteiger partial charge on any atom is 0.325 e. The topological polar surface area (TPSA) is 83.1 Å². The summed E-state index contributed by atoms with van der Waals surface area (Å²) in [6.45, 7) is 6.02. The molecule has 4 aromatic carbocycles. The molecule has 0 spiro atoms. The number of hydrogen-bond acceptors (Lipinski definition) is 4. The monoisotopic (exact) mass is 506 g/mol. The van der Waals surface area contributed by atoms with Gasteiger partial charge in [-0.25, -0.2) is 9.78 Å². The van der Waals surface area contributed by atoms with E-state index in [0.717, 1.165) is 38.2 Å². The number of para-hydroxylation sites is 1. The second-order valence-electron chi connectivity index (χ2n) is 8.92. The molecule has 1 aromatic heterocycles. The molecule has 0 atom stereocenters. The smallest absolute Gasteiger partial charge is 0.322 e. The van der Waals surface area contributed by atoms with Crippen LogP contribution in [0.5, 0.6) is 0 Å². The quantitative estimate of drug-likeness (QED) is 0.228. The molecular weight excluding hydrogens is 480 g/mol. The van der Waals surface area contributed by atoms with Gasteiger partial charge in [-0.3, -0.25) is 10.1 Å². The second kappa shape index (κ2) is 10.2. The van der Waals surface area contributed by atoms with Crippen molar-refractivity contribution in [1.82, 2.24) is 4.98 Å². The molecule has 0 fully saturated rings. The van der Waals surface area contributed by atoms with E-state index in [1.54, 1.807) is 18.2 Å². The fourth-order valence-electron chi connectivity index (χ4n) is 4.39. The minimum atomic E-state index is -0.384. The highest BCUT2D eigenvalue weighted by Crippen LogP contribution is 2.30. The molecule has 6 nitrogen and oxygen atoms in total. The number of nitrogens with zero attached hydrogens (tertiary/aromatic N) is 1. The van der Waals surface area contributed by atoms with E-state index >= 15 is 0 Å². The SMILES string of the molecule is Cc1cc(C)c(NC(=O)c2ccc3nc(NC(=O)Nc4ccccc4-c4ccccc4)sc3c2)c(C)c1. The third kappa shape index (κ3) is 5.37. The molecule has 0 aliphatic carbocycles. The van der Waals surface area contributed by atoms with Gasteiger partial charge in [0, 0.05) is 16.8 Å². The number of carbonyl (C=O) groups excluding carboxylic acids is 2. The Bertz CT molecular complexity index is 1600. The molecule has 0 aliphatic rings. The van der Waals surface area contributed by atoms with E-state index in [4.69, 9.17) is 0 Å². The number of nitrogens with one attached hydrogen (secondary N) is 3. The highest BCUT2D eigenvalue weighted by Gasteiger charge is 2.14. The van der Waals surface area contributed by atoms with Gasteiger partial charge in [0.25, 0.3) is 5.91 Å². The van der Waals surface area contributed by atoms with Crippen LogP contribution in [0.4, 0.5) is 21.3 Å². The summed E-state index contributed by atoms with van der Waals surface area (Å²) in [4.78, 5) is 30.3. The molecule has 5 rings (SSSR count). The van der Waals surface area contributed by atoms with E-state index in [1.807, 2.05) is 75.4 Å². The zero-order valence-corrected chi connectivity index (χ0v) is 21.6. The molecule has 0 saturated carbocycles. The third-order valence-corrected chi connectivity index (χ3v) is 6.98. The van der Waals surface area contributed by atoms with Gasteiger partial charge in [0.15, 0.2) is 5.13 Å². The summed E-state index contributed by atoms with van der Waals surface area (Å²) < 4.78 is 0.810. The first-order valence-corrected chi connectivity index (χ1v) is 12.7. The van der Waals surface area contributed by atoms with Gasteiger partial charge in [-0.05, 0) is 61.7 Å². The number of urea groups is 1. The third-order valence-electron chi connectivity index (χ3n) is 6.05. The zero-order chi connectivity index (χ0) is 25.9. The number of anilines is 3. The molecule has 3 N–H and O–H groups in total. The molecule has 0 aliphatic heterocycles. The summed E-state index contributed by atoms with van der Waals surface area (Å²) in [6.07, 6.45) is 0. The average molecular weight is 507 g/mol. The van der Waals surface area contributed by atoms with Crippen LogP contribution in [-0.2, 0) is 0 Å². The van der Waals surface area contributed by atoms with E-state index in [9.17, 15) is 9.59 Å². The molecule has 3 amide bonds. The van der Waals surface area contributed by atoms with Crippen molar-refractivity contribution in [2.24, 2.45) is 0 Å². The van der Waals surface area contributed by atoms with Crippen molar-refractivity contribution in [3.8, 4) is 11.1 Å². The van der Waals surface area contributed by atoms with Gasteiger partial charge >= 0.3 is 6.03 Å². The highest BCUT2D eigenvalue weighted by atomic mass is 32.1. The lowest BCUT2D eigenvalue weighted by atomic mass is 10.0. The molecule has 184 valence electrons. The van der Waals surface area contributed by atoms with Gasteiger partial charge in [0.1, 0.15) is 0 Å². The standard InChI is InChI=1S/C30H26N4O2S/c1-18-15-19(2)27(20(3)16-18)33-28(35)22-13-14-25-26(17-22)37-30(32-25)34-29(36)31-24-12-8-7-11-23(24)21-9-5-4-6-10-21/h4-17H,1-3H3,(H,33,35)(H2,31,32,34,36). The number of aromatic nitrogens is 1. The Hall–Kier alpha value is -4.49. The molecule has 1 heterocycles. The molecule has 0 unspecified atom stereocenters. The van der Waals surface area contributed by atoms with Gasteiger partial charge in [0.05, 0.1) is 15.9 Å². The minimum absolute atomic E-state index is 0.185. The number of fused-ring (bicyclic) bond motifs is 1. The molecule has 5 aromatic rings. The summed E-state index contributed by atoms with van der Waals surface area (Å²) in [7, 11) is 0. The van der Waals surface area contributed by atoms with Gasteiger partial charge in [0.2, 0.25) is 0 Å². The number of amides is 3. The Balaban J connectivity index is 1.31. The van der Waals surface area contributed by atoms with Gasteiger partial charge in [-0.2, -0.15) is 0 Å². The number of hydrogen-bond donors (Lipinski definition) is 3. The fraction of sp³-hybridized carbons (Fsp3) is 0.100. The summed E-state index contributed by atoms with van der Waals surface area (Å²) in [6, 6.07) is 26.6. The summed E-state index contributed by atoms with van der Waals surface area (Å²) >= 11 is 1.32. The Labute approximate surface area is 219 Å². The van der Waals surface area contributed by atoms with Crippen LogP contribution >= 0.6 is 11.3 Å². The number of benzene rings is 4. The van der Waals surface area contributed by atoms with Gasteiger partial charge in [-0.1, -0.05) is 77.6 Å². The lowest BCUT2D eigenvalue weighted by molar-refractivity contribution is 0.102. The van der Waals surface area contributed by atoms with Crippen molar-refractivity contribution in [2.45, 2.75) is 20.8 Å². The number of aryl methyl sites for hydroxylation is 3. The number of carbonyl (C=O) groups is 2. The first-order valence-electron chi connectivity index (χ1n) is 11.9. The van der Waals surface area contributed by atoms with E-state index < -0.39 is 0 Å². The van der Waals surface area contributed by atoms with Gasteiger partial charge in [-0.15, -0.1) is 0 Å². The predicted molar refractivity (Wildman–Crippen MR) is 153 cm³/mol. The normalized spacial score (nSPS) is 10.8. The van der Waals surface area contributed by atoms with E-state index in [2.05, 4.69) is 33.1 Å². The highest BCUT2D eigenvalue weighted by molar-refractivity contribution is 7.22. The van der Waals surface area contributed by atoms with Crippen molar-refractivity contribution < 1.29 is 9.59 Å². The van der Waals surface area contributed by atoms with Crippen LogP contribution in [0.3, 0.4) is 0 Å². The van der Waals surface area contributed by atoms with Crippen molar-refractivity contribution in [2.75, 3.05) is 16.0 Å². The fourth-order valence-corrected chi connectivity index (χ4v) is 5.29. The summed E-state index contributed by atoms with van der Waals surface area (Å²) in [5.74, 6) is -0.185. The molecule has 7 heteroatoms. The molecule has 0 saturated heterocycles. The van der Waals surface area contributed by atoms with E-state index in [-0.39, 0.29) is 11.9 Å². The predicted octanol–water partition coefficient (Wildman–Crippen LogP) is 7.78. The number of rotatable bonds is 5. The van der Waals surface area contributed by atoms with E-state index in [0.29, 0.717) is 21.9 Å². The molecule has 37 heavy (non-hydrogen) atoms. The van der Waals surface area contributed by atoms with Crippen molar-refractivity contribution in [3.63, 3.8) is 0 Å². The molecule has 0 bridgehead atoms.